The second-order valence-electron chi connectivity index (χ2n) is 3.67. The normalized spacial score (nSPS) is 17.9. The van der Waals surface area contributed by atoms with Crippen molar-refractivity contribution in [3.63, 3.8) is 0 Å². The van der Waals surface area contributed by atoms with Crippen LogP contribution in [0, 0.1) is 11.3 Å². The predicted octanol–water partition coefficient (Wildman–Crippen LogP) is 0.854. The highest BCUT2D eigenvalue weighted by atomic mass is 16.2. The van der Waals surface area contributed by atoms with Gasteiger partial charge in [-0.15, -0.1) is 0 Å². The van der Waals surface area contributed by atoms with E-state index in [1.54, 1.807) is 11.8 Å². The first-order valence-corrected chi connectivity index (χ1v) is 4.92. The molecule has 1 heterocycles. The lowest BCUT2D eigenvalue weighted by atomic mass is 9.93. The molecule has 0 aliphatic carbocycles. The number of amides is 1. The molecule has 0 aromatic carbocycles. The molecule has 14 heavy (non-hydrogen) atoms. The van der Waals surface area contributed by atoms with Crippen LogP contribution in [0.1, 0.15) is 26.2 Å². The van der Waals surface area contributed by atoms with Gasteiger partial charge in [0.25, 0.3) is 0 Å². The Morgan fingerprint density at radius 1 is 1.43 bits per heavy atom. The maximum atomic E-state index is 11.4. The minimum Gasteiger partial charge on any atom is -0.342 e. The Bertz CT molecular complexity index is 243. The summed E-state index contributed by atoms with van der Waals surface area (Å²) in [6.45, 7) is 2.94. The third-order valence-corrected chi connectivity index (χ3v) is 2.70. The number of rotatable bonds is 3. The van der Waals surface area contributed by atoms with Crippen LogP contribution >= 0.6 is 0 Å². The number of nitrogens with one attached hydrogen (secondary N) is 1. The fourth-order valence-electron chi connectivity index (χ4n) is 1.75. The zero-order valence-corrected chi connectivity index (χ0v) is 8.45. The maximum Gasteiger partial charge on any atom is 0.227 e. The van der Waals surface area contributed by atoms with Crippen LogP contribution in [0.15, 0.2) is 0 Å². The summed E-state index contributed by atoms with van der Waals surface area (Å²) in [6, 6.07) is 0. The molecule has 1 fully saturated rings. The first-order chi connectivity index (χ1) is 6.65. The van der Waals surface area contributed by atoms with Crippen molar-refractivity contribution in [2.45, 2.75) is 26.2 Å². The van der Waals surface area contributed by atoms with Crippen molar-refractivity contribution < 1.29 is 9.59 Å². The second kappa shape index (κ2) is 4.88. The van der Waals surface area contributed by atoms with Crippen LogP contribution in [0.4, 0.5) is 0 Å². The smallest absolute Gasteiger partial charge is 0.227 e. The molecule has 78 valence electrons. The molecule has 1 saturated heterocycles. The quantitative estimate of drug-likeness (QED) is 0.680. The SMILES string of the molecule is CC(=O)C1CCN(C(=O)CC=N)CC1. The number of hydrogen-bond donors (Lipinski definition) is 1. The summed E-state index contributed by atoms with van der Waals surface area (Å²) in [4.78, 5) is 24.2. The van der Waals surface area contributed by atoms with Crippen molar-refractivity contribution in [1.82, 2.24) is 4.90 Å². The van der Waals surface area contributed by atoms with Crippen molar-refractivity contribution >= 4 is 17.9 Å². The molecule has 0 aromatic rings. The van der Waals surface area contributed by atoms with E-state index < -0.39 is 0 Å². The molecule has 1 aliphatic heterocycles. The van der Waals surface area contributed by atoms with Crippen molar-refractivity contribution in [1.29, 1.82) is 5.41 Å². The van der Waals surface area contributed by atoms with E-state index in [9.17, 15) is 9.59 Å². The van der Waals surface area contributed by atoms with E-state index in [0.29, 0.717) is 13.1 Å². The van der Waals surface area contributed by atoms with Crippen LogP contribution in [0.2, 0.25) is 0 Å². The Morgan fingerprint density at radius 2 is 2.00 bits per heavy atom. The Labute approximate surface area is 83.8 Å². The lowest BCUT2D eigenvalue weighted by molar-refractivity contribution is -0.133. The monoisotopic (exact) mass is 196 g/mol. The van der Waals surface area contributed by atoms with E-state index in [0.717, 1.165) is 19.1 Å². The van der Waals surface area contributed by atoms with Gasteiger partial charge in [0.15, 0.2) is 0 Å². The van der Waals surface area contributed by atoms with E-state index in [1.165, 1.54) is 0 Å². The van der Waals surface area contributed by atoms with Gasteiger partial charge in [0.1, 0.15) is 5.78 Å². The second-order valence-corrected chi connectivity index (χ2v) is 3.67. The van der Waals surface area contributed by atoms with Crippen molar-refractivity contribution in [2.75, 3.05) is 13.1 Å². The van der Waals surface area contributed by atoms with Gasteiger partial charge in [-0.05, 0) is 19.8 Å². The fourth-order valence-corrected chi connectivity index (χ4v) is 1.75. The van der Waals surface area contributed by atoms with Gasteiger partial charge in [-0.3, -0.25) is 9.59 Å². The number of piperidine rings is 1. The summed E-state index contributed by atoms with van der Waals surface area (Å²) in [5.74, 6) is 0.366. The maximum absolute atomic E-state index is 11.4. The number of ketones is 1. The molecule has 1 N–H and O–H groups in total. The van der Waals surface area contributed by atoms with E-state index in [1.807, 2.05) is 0 Å². The number of nitrogens with zero attached hydrogens (tertiary/aromatic N) is 1. The average molecular weight is 196 g/mol. The van der Waals surface area contributed by atoms with Crippen LogP contribution in [-0.4, -0.2) is 35.9 Å². The van der Waals surface area contributed by atoms with Crippen LogP contribution in [-0.2, 0) is 9.59 Å². The Hall–Kier alpha value is -1.19. The van der Waals surface area contributed by atoms with E-state index in [2.05, 4.69) is 0 Å². The van der Waals surface area contributed by atoms with Gasteiger partial charge < -0.3 is 10.3 Å². The van der Waals surface area contributed by atoms with Gasteiger partial charge >= 0.3 is 0 Å². The third-order valence-electron chi connectivity index (χ3n) is 2.70. The first kappa shape index (κ1) is 10.9. The highest BCUT2D eigenvalue weighted by molar-refractivity contribution is 5.89. The lowest BCUT2D eigenvalue weighted by Gasteiger charge is -2.30. The molecule has 1 rings (SSSR count). The molecular weight excluding hydrogens is 180 g/mol. The molecular formula is C10H16N2O2. The number of carbonyl (C=O) groups excluding carboxylic acids is 2. The van der Waals surface area contributed by atoms with Gasteiger partial charge in [0.2, 0.25) is 5.91 Å². The van der Waals surface area contributed by atoms with Gasteiger partial charge in [-0.25, -0.2) is 0 Å². The molecule has 0 radical (unpaired) electrons. The first-order valence-electron chi connectivity index (χ1n) is 4.92. The van der Waals surface area contributed by atoms with Crippen LogP contribution in [0.25, 0.3) is 0 Å². The lowest BCUT2D eigenvalue weighted by Crippen LogP contribution is -2.39. The molecule has 0 saturated carbocycles. The number of carbonyl (C=O) groups is 2. The zero-order valence-electron chi connectivity index (χ0n) is 8.45. The minimum atomic E-state index is 0.00185. The molecule has 0 aromatic heterocycles. The minimum absolute atomic E-state index is 0.00185. The summed E-state index contributed by atoms with van der Waals surface area (Å²) in [5, 5.41) is 6.83. The number of Topliss-reactive ketones (excluding diaryl/α,β-unsaturated/α-hetero) is 1. The van der Waals surface area contributed by atoms with Gasteiger partial charge in [0, 0.05) is 25.2 Å². The predicted molar refractivity (Wildman–Crippen MR) is 53.4 cm³/mol. The van der Waals surface area contributed by atoms with Crippen molar-refractivity contribution in [3.05, 3.63) is 0 Å². The highest BCUT2D eigenvalue weighted by Crippen LogP contribution is 2.18. The Morgan fingerprint density at radius 3 is 2.43 bits per heavy atom. The van der Waals surface area contributed by atoms with E-state index >= 15 is 0 Å². The Kier molecular flexibility index (Phi) is 3.80. The molecule has 0 bridgehead atoms. The van der Waals surface area contributed by atoms with Crippen LogP contribution in [0.3, 0.4) is 0 Å². The standard InChI is InChI=1S/C10H16N2O2/c1-8(13)9-3-6-12(7-4-9)10(14)2-5-11/h5,9,11H,2-4,6-7H2,1H3. The molecule has 1 aliphatic rings. The van der Waals surface area contributed by atoms with E-state index in [4.69, 9.17) is 5.41 Å². The number of hydrogen-bond acceptors (Lipinski definition) is 3. The van der Waals surface area contributed by atoms with Gasteiger partial charge in [0.05, 0.1) is 6.42 Å². The molecule has 0 unspecified atom stereocenters. The van der Waals surface area contributed by atoms with Gasteiger partial charge in [-0.1, -0.05) is 0 Å². The van der Waals surface area contributed by atoms with E-state index in [-0.39, 0.29) is 24.0 Å². The molecule has 4 nitrogen and oxygen atoms in total. The molecule has 1 amide bonds. The van der Waals surface area contributed by atoms with Crippen LogP contribution in [0.5, 0.6) is 0 Å². The summed E-state index contributed by atoms with van der Waals surface area (Å²) in [5.41, 5.74) is 0. The summed E-state index contributed by atoms with van der Waals surface area (Å²) >= 11 is 0. The molecule has 4 heteroatoms. The van der Waals surface area contributed by atoms with Gasteiger partial charge in [-0.2, -0.15) is 0 Å². The molecule has 0 atom stereocenters. The zero-order chi connectivity index (χ0) is 10.6. The van der Waals surface area contributed by atoms with Crippen molar-refractivity contribution in [2.24, 2.45) is 5.92 Å². The number of likely N-dealkylation sites (tertiary alicyclic amines) is 1. The Balaban J connectivity index is 2.38. The summed E-state index contributed by atoms with van der Waals surface area (Å²) < 4.78 is 0. The third kappa shape index (κ3) is 2.65. The highest BCUT2D eigenvalue weighted by Gasteiger charge is 2.24. The molecule has 0 spiro atoms. The van der Waals surface area contributed by atoms with Crippen LogP contribution < -0.4 is 0 Å². The average Bonchev–Trinajstić information content (AvgIpc) is 2.18. The largest absolute Gasteiger partial charge is 0.342 e. The summed E-state index contributed by atoms with van der Waals surface area (Å²) in [7, 11) is 0. The fraction of sp³-hybridized carbons (Fsp3) is 0.700. The topological polar surface area (TPSA) is 61.2 Å². The summed E-state index contributed by atoms with van der Waals surface area (Å²) in [6.07, 6.45) is 2.86. The van der Waals surface area contributed by atoms with Crippen molar-refractivity contribution in [3.8, 4) is 0 Å².